The molecule has 21 heavy (non-hydrogen) atoms. The Morgan fingerprint density at radius 1 is 1.29 bits per heavy atom. The van der Waals surface area contributed by atoms with Crippen molar-refractivity contribution in [1.82, 2.24) is 10.3 Å². The molecule has 0 amide bonds. The van der Waals surface area contributed by atoms with E-state index in [1.807, 2.05) is 12.1 Å². The second-order valence-corrected chi connectivity index (χ2v) is 7.80. The third kappa shape index (κ3) is 4.58. The van der Waals surface area contributed by atoms with E-state index in [2.05, 4.69) is 44.8 Å². The van der Waals surface area contributed by atoms with Crippen molar-refractivity contribution >= 4 is 17.4 Å². The molecule has 0 bridgehead atoms. The minimum absolute atomic E-state index is 0.0656. The Kier molecular flexibility index (Phi) is 5.15. The van der Waals surface area contributed by atoms with Gasteiger partial charge in [-0.25, -0.2) is 4.98 Å². The fourth-order valence-electron chi connectivity index (χ4n) is 2.59. The van der Waals surface area contributed by atoms with Gasteiger partial charge in [0.1, 0.15) is 5.82 Å². The summed E-state index contributed by atoms with van der Waals surface area (Å²) in [6.45, 7) is 14.0. The van der Waals surface area contributed by atoms with Crippen LogP contribution in [0.1, 0.15) is 46.7 Å². The van der Waals surface area contributed by atoms with E-state index < -0.39 is 0 Å². The first-order valence-corrected chi connectivity index (χ1v) is 8.29. The molecule has 1 aromatic heterocycles. The lowest BCUT2D eigenvalue weighted by molar-refractivity contribution is 0.322. The number of hydrogen-bond donors (Lipinski definition) is 1. The average Bonchev–Trinajstić information content (AvgIpc) is 2.40. The molecule has 0 aromatic carbocycles. The quantitative estimate of drug-likeness (QED) is 0.911. The van der Waals surface area contributed by atoms with Gasteiger partial charge < -0.3 is 10.2 Å². The van der Waals surface area contributed by atoms with Crippen LogP contribution in [0.3, 0.4) is 0 Å². The summed E-state index contributed by atoms with van der Waals surface area (Å²) in [5.41, 5.74) is 1.01. The van der Waals surface area contributed by atoms with E-state index in [1.54, 1.807) is 0 Å². The van der Waals surface area contributed by atoms with Gasteiger partial charge in [0.2, 0.25) is 0 Å². The summed E-state index contributed by atoms with van der Waals surface area (Å²) in [4.78, 5) is 7.18. The van der Waals surface area contributed by atoms with Crippen LogP contribution >= 0.6 is 11.6 Å². The van der Waals surface area contributed by atoms with E-state index in [9.17, 15) is 0 Å². The first-order chi connectivity index (χ1) is 9.76. The van der Waals surface area contributed by atoms with Crippen molar-refractivity contribution in [3.63, 3.8) is 0 Å². The van der Waals surface area contributed by atoms with Gasteiger partial charge in [0, 0.05) is 25.2 Å². The molecule has 1 saturated heterocycles. The zero-order chi connectivity index (χ0) is 15.6. The molecule has 1 fully saturated rings. The van der Waals surface area contributed by atoms with Crippen molar-refractivity contribution in [3.05, 3.63) is 22.8 Å². The Morgan fingerprint density at radius 3 is 2.62 bits per heavy atom. The van der Waals surface area contributed by atoms with Gasteiger partial charge in [0.05, 0.1) is 10.7 Å². The fourth-order valence-corrected chi connectivity index (χ4v) is 2.76. The third-order valence-electron chi connectivity index (χ3n) is 4.35. The number of aromatic nitrogens is 1. The van der Waals surface area contributed by atoms with Crippen molar-refractivity contribution in [1.29, 1.82) is 0 Å². The molecular formula is C17H28ClN3. The molecule has 1 aliphatic heterocycles. The van der Waals surface area contributed by atoms with E-state index >= 15 is 0 Å². The Morgan fingerprint density at radius 2 is 2.00 bits per heavy atom. The molecule has 2 heterocycles. The monoisotopic (exact) mass is 309 g/mol. The second kappa shape index (κ2) is 6.53. The molecule has 4 heteroatoms. The zero-order valence-electron chi connectivity index (χ0n) is 13.9. The van der Waals surface area contributed by atoms with Gasteiger partial charge in [0.25, 0.3) is 0 Å². The lowest BCUT2D eigenvalue weighted by Gasteiger charge is -2.36. The van der Waals surface area contributed by atoms with Crippen LogP contribution in [0.4, 0.5) is 5.82 Å². The second-order valence-electron chi connectivity index (χ2n) is 7.39. The highest BCUT2D eigenvalue weighted by Crippen LogP contribution is 2.27. The largest absolute Gasteiger partial charge is 0.356 e. The van der Waals surface area contributed by atoms with E-state index in [0.29, 0.717) is 12.5 Å². The van der Waals surface area contributed by atoms with Gasteiger partial charge in [0.15, 0.2) is 0 Å². The summed E-state index contributed by atoms with van der Waals surface area (Å²) < 4.78 is 0. The van der Waals surface area contributed by atoms with Crippen LogP contribution in [0.2, 0.25) is 5.02 Å². The average molecular weight is 310 g/mol. The normalized spacial score (nSPS) is 23.4. The smallest absolute Gasteiger partial charge is 0.128 e. The van der Waals surface area contributed by atoms with Gasteiger partial charge in [-0.1, -0.05) is 25.4 Å². The lowest BCUT2D eigenvalue weighted by atomic mass is 9.89. The molecule has 2 unspecified atom stereocenters. The van der Waals surface area contributed by atoms with Crippen LogP contribution in [0.25, 0.3) is 0 Å². The summed E-state index contributed by atoms with van der Waals surface area (Å²) in [6, 6.07) is 4.03. The number of anilines is 1. The number of rotatable bonds is 3. The number of hydrogen-bond acceptors (Lipinski definition) is 3. The SMILES string of the molecule is CC1CCN(c2ccc(Cl)c(CNC(C)(C)C)n2)CC1C. The maximum Gasteiger partial charge on any atom is 0.128 e. The molecule has 2 atom stereocenters. The number of nitrogens with one attached hydrogen (secondary N) is 1. The van der Waals surface area contributed by atoms with Crippen LogP contribution in [0, 0.1) is 11.8 Å². The summed E-state index contributed by atoms with van der Waals surface area (Å²) in [5, 5.41) is 4.20. The van der Waals surface area contributed by atoms with E-state index in [0.717, 1.165) is 35.5 Å². The van der Waals surface area contributed by atoms with E-state index in [1.165, 1.54) is 6.42 Å². The summed E-state index contributed by atoms with van der Waals surface area (Å²) in [5.74, 6) is 2.58. The molecule has 2 rings (SSSR count). The van der Waals surface area contributed by atoms with Gasteiger partial charge in [-0.15, -0.1) is 0 Å². The van der Waals surface area contributed by atoms with E-state index in [-0.39, 0.29) is 5.54 Å². The van der Waals surface area contributed by atoms with Gasteiger partial charge in [-0.05, 0) is 51.2 Å². The zero-order valence-corrected chi connectivity index (χ0v) is 14.7. The first-order valence-electron chi connectivity index (χ1n) is 7.91. The highest BCUT2D eigenvalue weighted by atomic mass is 35.5. The molecule has 1 aromatic rings. The topological polar surface area (TPSA) is 28.2 Å². The molecule has 1 aliphatic rings. The van der Waals surface area contributed by atoms with Crippen LogP contribution in [0.5, 0.6) is 0 Å². The van der Waals surface area contributed by atoms with Crippen molar-refractivity contribution in [2.45, 2.75) is 53.1 Å². The third-order valence-corrected chi connectivity index (χ3v) is 4.69. The van der Waals surface area contributed by atoms with Crippen LogP contribution < -0.4 is 10.2 Å². The lowest BCUT2D eigenvalue weighted by Crippen LogP contribution is -2.39. The number of halogens is 1. The van der Waals surface area contributed by atoms with Crippen molar-refractivity contribution in [2.75, 3.05) is 18.0 Å². The summed E-state index contributed by atoms with van der Waals surface area (Å²) in [6.07, 6.45) is 1.24. The maximum absolute atomic E-state index is 6.29. The van der Waals surface area contributed by atoms with Crippen molar-refractivity contribution in [2.24, 2.45) is 11.8 Å². The van der Waals surface area contributed by atoms with Gasteiger partial charge in [-0.3, -0.25) is 0 Å². The predicted molar refractivity (Wildman–Crippen MR) is 91.0 cm³/mol. The molecule has 0 radical (unpaired) electrons. The molecule has 118 valence electrons. The minimum Gasteiger partial charge on any atom is -0.356 e. The molecule has 0 aliphatic carbocycles. The standard InChI is InChI=1S/C17H28ClN3/c1-12-8-9-21(11-13(12)2)16-7-6-14(18)15(20-16)10-19-17(3,4)5/h6-7,12-13,19H,8-11H2,1-5H3. The van der Waals surface area contributed by atoms with Gasteiger partial charge >= 0.3 is 0 Å². The highest BCUT2D eigenvalue weighted by molar-refractivity contribution is 6.31. The van der Waals surface area contributed by atoms with Crippen LogP contribution in [-0.2, 0) is 6.54 Å². The Labute approximate surface area is 134 Å². The molecule has 1 N–H and O–H groups in total. The minimum atomic E-state index is 0.0656. The first kappa shape index (κ1) is 16.6. The molecular weight excluding hydrogens is 282 g/mol. The highest BCUT2D eigenvalue weighted by Gasteiger charge is 2.24. The summed E-state index contributed by atoms with van der Waals surface area (Å²) >= 11 is 6.29. The molecule has 0 saturated carbocycles. The number of nitrogens with zero attached hydrogens (tertiary/aromatic N) is 2. The summed E-state index contributed by atoms with van der Waals surface area (Å²) in [7, 11) is 0. The Balaban J connectivity index is 2.11. The molecule has 3 nitrogen and oxygen atoms in total. The van der Waals surface area contributed by atoms with Crippen LogP contribution in [-0.4, -0.2) is 23.6 Å². The van der Waals surface area contributed by atoms with Crippen molar-refractivity contribution < 1.29 is 0 Å². The predicted octanol–water partition coefficient (Wildman–Crippen LogP) is 4.11. The molecule has 0 spiro atoms. The van der Waals surface area contributed by atoms with E-state index in [4.69, 9.17) is 16.6 Å². The van der Waals surface area contributed by atoms with Gasteiger partial charge in [-0.2, -0.15) is 0 Å². The fraction of sp³-hybridized carbons (Fsp3) is 0.706. The maximum atomic E-state index is 6.29. The van der Waals surface area contributed by atoms with Crippen LogP contribution in [0.15, 0.2) is 12.1 Å². The number of piperidine rings is 1. The van der Waals surface area contributed by atoms with Crippen molar-refractivity contribution in [3.8, 4) is 0 Å². The number of pyridine rings is 1. The Bertz CT molecular complexity index is 481. The Hall–Kier alpha value is -0.800.